The Hall–Kier alpha value is -2.39. The molecule has 2 saturated carbocycles. The van der Waals surface area contributed by atoms with Crippen molar-refractivity contribution in [2.45, 2.75) is 71.1 Å². The Balaban J connectivity index is 0.000000828. The van der Waals surface area contributed by atoms with Gasteiger partial charge in [-0.05, 0) is 20.8 Å². The maximum Gasteiger partial charge on any atom is 0.408 e. The Labute approximate surface area is 157 Å². The van der Waals surface area contributed by atoms with Gasteiger partial charge in [0.25, 0.3) is 0 Å². The fourth-order valence-electron chi connectivity index (χ4n) is 3.49. The Morgan fingerprint density at radius 3 is 2.07 bits per heavy atom. The van der Waals surface area contributed by atoms with E-state index in [1.807, 2.05) is 0 Å². The number of nitrogens with one attached hydrogen (secondary N) is 1. The summed E-state index contributed by atoms with van der Waals surface area (Å²) in [6, 6.07) is -1.33. The molecule has 27 heavy (non-hydrogen) atoms. The van der Waals surface area contributed by atoms with Crippen molar-refractivity contribution in [3.63, 3.8) is 0 Å². The van der Waals surface area contributed by atoms with E-state index in [9.17, 15) is 29.6 Å². The summed E-state index contributed by atoms with van der Waals surface area (Å²) in [6.07, 6.45) is 1.13. The first-order valence-electron chi connectivity index (χ1n) is 8.93. The zero-order valence-corrected chi connectivity index (χ0v) is 16.2. The van der Waals surface area contributed by atoms with E-state index in [0.29, 0.717) is 0 Å². The van der Waals surface area contributed by atoms with E-state index in [4.69, 9.17) is 9.84 Å². The number of amides is 1. The number of alkyl carbamates (subject to hydrolysis) is 1. The summed E-state index contributed by atoms with van der Waals surface area (Å²) in [6.45, 7) is 9.09. The Kier molecular flexibility index (Phi) is 6.79. The first kappa shape index (κ1) is 22.7. The number of nitrogens with zero attached hydrogens (tertiary/aromatic N) is 1. The number of carboxylic acid groups (broad SMARTS) is 2. The number of hydrogen-bond donors (Lipinski definition) is 3. The lowest BCUT2D eigenvalue weighted by Crippen LogP contribution is -2.57. The number of carbonyl (C=O) groups excluding carboxylic acids is 1. The van der Waals surface area contributed by atoms with Crippen LogP contribution in [0, 0.1) is 27.9 Å². The van der Waals surface area contributed by atoms with Crippen LogP contribution in [0.1, 0.15) is 53.9 Å². The molecular weight excluding hydrogens is 360 g/mol. The highest BCUT2D eigenvalue weighted by molar-refractivity contribution is 5.89. The molecule has 0 aromatic heterocycles. The van der Waals surface area contributed by atoms with Crippen molar-refractivity contribution >= 4 is 18.0 Å². The van der Waals surface area contributed by atoms with E-state index in [-0.39, 0.29) is 0 Å². The SMILES string of the molecule is CC(C)(C)OC(=O)NC1(C(=O)O)CC([N+](=O)[O-])C2C(C(=O)O)C21.CCCC. The lowest BCUT2D eigenvalue weighted by molar-refractivity contribution is -0.526. The van der Waals surface area contributed by atoms with Crippen LogP contribution in [0.15, 0.2) is 0 Å². The zero-order valence-electron chi connectivity index (χ0n) is 16.2. The first-order valence-corrected chi connectivity index (χ1v) is 8.93. The molecule has 0 saturated heterocycles. The molecule has 10 heteroatoms. The monoisotopic (exact) mass is 388 g/mol. The van der Waals surface area contributed by atoms with Crippen molar-refractivity contribution in [2.24, 2.45) is 17.8 Å². The number of carboxylic acids is 2. The van der Waals surface area contributed by atoms with Gasteiger partial charge in [0, 0.05) is 23.2 Å². The van der Waals surface area contributed by atoms with E-state index in [1.165, 1.54) is 12.8 Å². The van der Waals surface area contributed by atoms with Gasteiger partial charge in [0.2, 0.25) is 6.04 Å². The van der Waals surface area contributed by atoms with Gasteiger partial charge in [-0.25, -0.2) is 9.59 Å². The molecule has 3 N–H and O–H groups in total. The van der Waals surface area contributed by atoms with Crippen molar-refractivity contribution in [1.29, 1.82) is 0 Å². The Bertz CT molecular complexity index is 613. The third kappa shape index (κ3) is 4.86. The van der Waals surface area contributed by atoms with Crippen LogP contribution in [0.3, 0.4) is 0 Å². The molecule has 0 aliphatic heterocycles. The number of unbranched alkanes of at least 4 members (excludes halogenated alkanes) is 1. The quantitative estimate of drug-likeness (QED) is 0.477. The molecule has 1 amide bonds. The number of rotatable bonds is 5. The normalized spacial score (nSPS) is 31.0. The molecule has 154 valence electrons. The van der Waals surface area contributed by atoms with Crippen molar-refractivity contribution in [2.75, 3.05) is 0 Å². The molecule has 2 aliphatic rings. The lowest BCUT2D eigenvalue weighted by Gasteiger charge is -2.30. The van der Waals surface area contributed by atoms with Gasteiger partial charge in [0.15, 0.2) is 5.54 Å². The molecule has 2 fully saturated rings. The van der Waals surface area contributed by atoms with E-state index in [2.05, 4.69) is 19.2 Å². The number of aliphatic carboxylic acids is 2. The summed E-state index contributed by atoms with van der Waals surface area (Å²) in [5.74, 6) is -5.89. The average molecular weight is 388 g/mol. The predicted octanol–water partition coefficient (Wildman–Crippen LogP) is 2.14. The second kappa shape index (κ2) is 8.10. The molecule has 0 heterocycles. The lowest BCUT2D eigenvalue weighted by atomic mass is 9.89. The molecule has 5 atom stereocenters. The van der Waals surface area contributed by atoms with E-state index in [1.54, 1.807) is 20.8 Å². The van der Waals surface area contributed by atoms with Gasteiger partial charge in [-0.15, -0.1) is 0 Å². The number of ether oxygens (including phenoxy) is 1. The smallest absolute Gasteiger partial charge is 0.408 e. The number of nitro groups is 1. The van der Waals surface area contributed by atoms with Crippen LogP contribution < -0.4 is 5.32 Å². The van der Waals surface area contributed by atoms with Gasteiger partial charge in [-0.3, -0.25) is 14.9 Å². The van der Waals surface area contributed by atoms with Gasteiger partial charge in [0.1, 0.15) is 5.60 Å². The minimum absolute atomic E-state index is 0.465. The third-order valence-corrected chi connectivity index (χ3v) is 4.78. The van der Waals surface area contributed by atoms with Crippen LogP contribution in [0.5, 0.6) is 0 Å². The van der Waals surface area contributed by atoms with Crippen LogP contribution in [0.2, 0.25) is 0 Å². The van der Waals surface area contributed by atoms with Gasteiger partial charge in [-0.2, -0.15) is 0 Å². The zero-order chi connectivity index (χ0) is 21.2. The van der Waals surface area contributed by atoms with Crippen LogP contribution in [-0.2, 0) is 14.3 Å². The van der Waals surface area contributed by atoms with Crippen LogP contribution in [-0.4, -0.2) is 50.4 Å². The topological polar surface area (TPSA) is 156 Å². The second-order valence-corrected chi connectivity index (χ2v) is 7.93. The molecule has 2 aliphatic carbocycles. The maximum absolute atomic E-state index is 11.9. The number of carbonyl (C=O) groups is 3. The number of hydrogen-bond acceptors (Lipinski definition) is 6. The summed E-state index contributed by atoms with van der Waals surface area (Å²) in [4.78, 5) is 45.3. The summed E-state index contributed by atoms with van der Waals surface area (Å²) < 4.78 is 5.00. The van der Waals surface area contributed by atoms with Crippen molar-refractivity contribution < 1.29 is 34.3 Å². The van der Waals surface area contributed by atoms with E-state index >= 15 is 0 Å². The minimum atomic E-state index is -2.01. The highest BCUT2D eigenvalue weighted by atomic mass is 16.6. The van der Waals surface area contributed by atoms with Crippen molar-refractivity contribution in [3.05, 3.63) is 10.1 Å². The summed E-state index contributed by atoms with van der Waals surface area (Å²) in [5, 5.41) is 31.9. The molecule has 0 spiro atoms. The average Bonchev–Trinajstić information content (AvgIpc) is 3.17. The van der Waals surface area contributed by atoms with Crippen LogP contribution in [0.4, 0.5) is 4.79 Å². The van der Waals surface area contributed by atoms with E-state index in [0.717, 1.165) is 0 Å². The Morgan fingerprint density at radius 1 is 1.22 bits per heavy atom. The maximum atomic E-state index is 11.9. The number of fused-ring (bicyclic) bond motifs is 1. The van der Waals surface area contributed by atoms with Gasteiger partial charge in [-0.1, -0.05) is 26.7 Å². The highest BCUT2D eigenvalue weighted by Crippen LogP contribution is 2.63. The molecule has 5 unspecified atom stereocenters. The fourth-order valence-corrected chi connectivity index (χ4v) is 3.49. The summed E-state index contributed by atoms with van der Waals surface area (Å²) >= 11 is 0. The van der Waals surface area contributed by atoms with Gasteiger partial charge >= 0.3 is 18.0 Å². The first-order chi connectivity index (χ1) is 12.3. The predicted molar refractivity (Wildman–Crippen MR) is 93.8 cm³/mol. The van der Waals surface area contributed by atoms with Crippen molar-refractivity contribution in [3.8, 4) is 0 Å². The highest BCUT2D eigenvalue weighted by Gasteiger charge is 2.79. The largest absolute Gasteiger partial charge is 0.481 e. The molecule has 10 nitrogen and oxygen atoms in total. The fraction of sp³-hybridized carbons (Fsp3) is 0.824. The van der Waals surface area contributed by atoms with Crippen molar-refractivity contribution in [1.82, 2.24) is 5.32 Å². The van der Waals surface area contributed by atoms with Gasteiger partial charge in [0.05, 0.1) is 5.92 Å². The second-order valence-electron chi connectivity index (χ2n) is 7.93. The van der Waals surface area contributed by atoms with Crippen LogP contribution >= 0.6 is 0 Å². The molecule has 0 bridgehead atoms. The molecule has 0 radical (unpaired) electrons. The molecule has 0 aromatic carbocycles. The molecule has 0 aromatic rings. The summed E-state index contributed by atoms with van der Waals surface area (Å²) in [7, 11) is 0. The van der Waals surface area contributed by atoms with E-state index < -0.39 is 64.3 Å². The van der Waals surface area contributed by atoms with Gasteiger partial charge < -0.3 is 20.3 Å². The standard InChI is InChI=1S/C13H18N2O8.C4H10/c1-12(2,3)23-11(20)14-13(10(18)19)4-5(15(21)22)6-7(8(6)13)9(16)17;1-3-4-2/h5-8H,4H2,1-3H3,(H,14,20)(H,16,17)(H,18,19);3-4H2,1-2H3. The minimum Gasteiger partial charge on any atom is -0.481 e. The summed E-state index contributed by atoms with van der Waals surface area (Å²) in [5.41, 5.74) is -2.90. The molecular formula is C17H28N2O8. The third-order valence-electron chi connectivity index (χ3n) is 4.78. The Morgan fingerprint density at radius 2 is 1.74 bits per heavy atom. The molecule has 2 rings (SSSR count). The van der Waals surface area contributed by atoms with Crippen LogP contribution in [0.25, 0.3) is 0 Å².